The standard InChI is InChI=1S/C20H34O3/c1-2-3-4-5-6-7-8-9-10-11-12-13-15-18-19(23-18)16-14-17-20(21)22/h11-13,15,18-19H,2-10,14,16-17H2,1H3,(H,21,22)/b12-11-,15-13+/t18-,19-/m0/s1. The van der Waals surface area contributed by atoms with Crippen LogP contribution in [0.5, 0.6) is 0 Å². The number of carboxylic acids is 1. The summed E-state index contributed by atoms with van der Waals surface area (Å²) in [4.78, 5) is 10.4. The van der Waals surface area contributed by atoms with Crippen LogP contribution in [0.15, 0.2) is 24.3 Å². The van der Waals surface area contributed by atoms with Gasteiger partial charge in [-0.15, -0.1) is 0 Å². The molecule has 0 aliphatic carbocycles. The van der Waals surface area contributed by atoms with Crippen LogP contribution < -0.4 is 0 Å². The van der Waals surface area contributed by atoms with E-state index in [1.807, 2.05) is 0 Å². The molecule has 1 heterocycles. The summed E-state index contributed by atoms with van der Waals surface area (Å²) in [5.41, 5.74) is 0. The number of ether oxygens (including phenoxy) is 1. The van der Waals surface area contributed by atoms with Crippen LogP contribution in [0.3, 0.4) is 0 Å². The van der Waals surface area contributed by atoms with E-state index in [2.05, 4.69) is 31.2 Å². The average Bonchev–Trinajstić information content (AvgIpc) is 3.26. The van der Waals surface area contributed by atoms with Gasteiger partial charge >= 0.3 is 5.97 Å². The van der Waals surface area contributed by atoms with Gasteiger partial charge in [-0.1, -0.05) is 76.2 Å². The van der Waals surface area contributed by atoms with Crippen molar-refractivity contribution in [3.63, 3.8) is 0 Å². The van der Waals surface area contributed by atoms with Gasteiger partial charge < -0.3 is 9.84 Å². The van der Waals surface area contributed by atoms with E-state index in [4.69, 9.17) is 9.84 Å². The Morgan fingerprint density at radius 1 is 1.00 bits per heavy atom. The highest BCUT2D eigenvalue weighted by molar-refractivity contribution is 5.66. The number of hydrogen-bond acceptors (Lipinski definition) is 2. The first-order valence-electron chi connectivity index (χ1n) is 9.44. The fraction of sp³-hybridized carbons (Fsp3) is 0.750. The monoisotopic (exact) mass is 322 g/mol. The second-order valence-corrected chi connectivity index (χ2v) is 6.50. The predicted octanol–water partition coefficient (Wildman–Crippen LogP) is 5.65. The molecule has 2 atom stereocenters. The van der Waals surface area contributed by atoms with Crippen molar-refractivity contribution in [1.29, 1.82) is 0 Å². The van der Waals surface area contributed by atoms with Gasteiger partial charge in [-0.05, 0) is 25.7 Å². The Balaban J connectivity index is 1.86. The molecular formula is C20H34O3. The highest BCUT2D eigenvalue weighted by atomic mass is 16.6. The normalized spacial score (nSPS) is 20.6. The molecule has 1 rings (SSSR count). The van der Waals surface area contributed by atoms with Crippen molar-refractivity contribution in [3.8, 4) is 0 Å². The highest BCUT2D eigenvalue weighted by Crippen LogP contribution is 2.28. The van der Waals surface area contributed by atoms with Crippen molar-refractivity contribution in [3.05, 3.63) is 24.3 Å². The number of carboxylic acid groups (broad SMARTS) is 1. The van der Waals surface area contributed by atoms with Crippen LogP contribution in [0.2, 0.25) is 0 Å². The van der Waals surface area contributed by atoms with Gasteiger partial charge in [0.25, 0.3) is 0 Å². The highest BCUT2D eigenvalue weighted by Gasteiger charge is 2.35. The second-order valence-electron chi connectivity index (χ2n) is 6.50. The minimum atomic E-state index is -0.721. The summed E-state index contributed by atoms with van der Waals surface area (Å²) in [6.45, 7) is 2.26. The van der Waals surface area contributed by atoms with Crippen LogP contribution in [0.4, 0.5) is 0 Å². The fourth-order valence-corrected chi connectivity index (χ4v) is 2.76. The zero-order chi connectivity index (χ0) is 16.8. The first kappa shape index (κ1) is 20.0. The first-order valence-corrected chi connectivity index (χ1v) is 9.44. The molecule has 0 radical (unpaired) electrons. The minimum Gasteiger partial charge on any atom is -0.481 e. The van der Waals surface area contributed by atoms with Crippen LogP contribution >= 0.6 is 0 Å². The molecular weight excluding hydrogens is 288 g/mol. The van der Waals surface area contributed by atoms with Gasteiger partial charge in [0.1, 0.15) is 6.10 Å². The maximum absolute atomic E-state index is 10.4. The zero-order valence-corrected chi connectivity index (χ0v) is 14.7. The van der Waals surface area contributed by atoms with Crippen molar-refractivity contribution in [1.82, 2.24) is 0 Å². The lowest BCUT2D eigenvalue weighted by molar-refractivity contribution is -0.137. The van der Waals surface area contributed by atoms with E-state index in [0.717, 1.165) is 12.8 Å². The van der Waals surface area contributed by atoms with Crippen LogP contribution in [0.1, 0.15) is 84.0 Å². The van der Waals surface area contributed by atoms with Gasteiger partial charge in [0.2, 0.25) is 0 Å². The quantitative estimate of drug-likeness (QED) is 0.241. The second kappa shape index (κ2) is 13.4. The molecule has 132 valence electrons. The van der Waals surface area contributed by atoms with Crippen LogP contribution in [0, 0.1) is 0 Å². The van der Waals surface area contributed by atoms with Gasteiger partial charge in [0.05, 0.1) is 6.10 Å². The van der Waals surface area contributed by atoms with E-state index >= 15 is 0 Å². The first-order chi connectivity index (χ1) is 11.2. The van der Waals surface area contributed by atoms with Crippen LogP contribution in [0.25, 0.3) is 0 Å². The molecule has 1 saturated heterocycles. The molecule has 0 saturated carbocycles. The summed E-state index contributed by atoms with van der Waals surface area (Å²) in [6.07, 6.45) is 22.8. The topological polar surface area (TPSA) is 49.8 Å². The number of hydrogen-bond donors (Lipinski definition) is 1. The van der Waals surface area contributed by atoms with Gasteiger partial charge in [-0.25, -0.2) is 0 Å². The van der Waals surface area contributed by atoms with E-state index in [9.17, 15) is 4.79 Å². The molecule has 0 aromatic carbocycles. The zero-order valence-electron chi connectivity index (χ0n) is 14.7. The summed E-state index contributed by atoms with van der Waals surface area (Å²) in [5.74, 6) is -0.721. The summed E-state index contributed by atoms with van der Waals surface area (Å²) in [6, 6.07) is 0. The Morgan fingerprint density at radius 3 is 2.39 bits per heavy atom. The van der Waals surface area contributed by atoms with Crippen LogP contribution in [-0.4, -0.2) is 23.3 Å². The van der Waals surface area contributed by atoms with E-state index < -0.39 is 5.97 Å². The number of unbranched alkanes of at least 4 members (excludes halogenated alkanes) is 8. The van der Waals surface area contributed by atoms with Gasteiger partial charge in [-0.2, -0.15) is 0 Å². The number of epoxide rings is 1. The largest absolute Gasteiger partial charge is 0.481 e. The molecule has 1 aliphatic rings. The lowest BCUT2D eigenvalue weighted by atomic mass is 10.1. The average molecular weight is 322 g/mol. The fourth-order valence-electron chi connectivity index (χ4n) is 2.76. The maximum atomic E-state index is 10.4. The lowest BCUT2D eigenvalue weighted by Crippen LogP contribution is -1.97. The molecule has 3 heteroatoms. The third-order valence-corrected chi connectivity index (χ3v) is 4.27. The van der Waals surface area contributed by atoms with Crippen LogP contribution in [-0.2, 0) is 9.53 Å². The molecule has 23 heavy (non-hydrogen) atoms. The summed E-state index contributed by atoms with van der Waals surface area (Å²) >= 11 is 0. The Kier molecular flexibility index (Phi) is 11.6. The SMILES string of the molecule is CCCCCCCCCC/C=C\C=C\[C@@H]1O[C@H]1CCCC(=O)O. The van der Waals surface area contributed by atoms with Gasteiger partial charge in [0, 0.05) is 6.42 Å². The third kappa shape index (κ3) is 12.1. The van der Waals surface area contributed by atoms with Gasteiger partial charge in [0.15, 0.2) is 0 Å². The van der Waals surface area contributed by atoms with Crippen molar-refractivity contribution in [2.75, 3.05) is 0 Å². The molecule has 0 unspecified atom stereocenters. The Hall–Kier alpha value is -1.09. The molecule has 0 aromatic heterocycles. The van der Waals surface area contributed by atoms with Crippen molar-refractivity contribution in [2.45, 2.75) is 96.2 Å². The smallest absolute Gasteiger partial charge is 0.303 e. The molecule has 0 aromatic rings. The number of rotatable bonds is 15. The lowest BCUT2D eigenvalue weighted by Gasteiger charge is -1.99. The van der Waals surface area contributed by atoms with E-state index in [1.54, 1.807) is 0 Å². The number of aliphatic carboxylic acids is 1. The molecule has 1 fully saturated rings. The van der Waals surface area contributed by atoms with E-state index in [-0.39, 0.29) is 18.6 Å². The van der Waals surface area contributed by atoms with Crippen molar-refractivity contribution >= 4 is 5.97 Å². The molecule has 0 amide bonds. The maximum Gasteiger partial charge on any atom is 0.303 e. The molecule has 0 spiro atoms. The number of allylic oxidation sites excluding steroid dienone is 3. The summed E-state index contributed by atoms with van der Waals surface area (Å²) in [7, 11) is 0. The van der Waals surface area contributed by atoms with E-state index in [1.165, 1.54) is 51.4 Å². The summed E-state index contributed by atoms with van der Waals surface area (Å²) < 4.78 is 5.49. The van der Waals surface area contributed by atoms with Gasteiger partial charge in [-0.3, -0.25) is 4.79 Å². The van der Waals surface area contributed by atoms with Crippen molar-refractivity contribution in [2.24, 2.45) is 0 Å². The van der Waals surface area contributed by atoms with E-state index in [0.29, 0.717) is 6.42 Å². The molecule has 1 aliphatic heterocycles. The summed E-state index contributed by atoms with van der Waals surface area (Å²) in [5, 5.41) is 8.57. The van der Waals surface area contributed by atoms with Crippen molar-refractivity contribution < 1.29 is 14.6 Å². The molecule has 0 bridgehead atoms. The molecule has 3 nitrogen and oxygen atoms in total. The number of carbonyl (C=O) groups is 1. The minimum absolute atomic E-state index is 0.205. The Bertz CT molecular complexity index is 360. The Labute approximate surface area is 141 Å². The molecule has 1 N–H and O–H groups in total. The Morgan fingerprint density at radius 2 is 1.70 bits per heavy atom. The third-order valence-electron chi connectivity index (χ3n) is 4.27. The predicted molar refractivity (Wildman–Crippen MR) is 95.7 cm³/mol.